The molecule has 17 rings (SSSR count). The van der Waals surface area contributed by atoms with Crippen LogP contribution in [0.1, 0.15) is 104 Å². The fourth-order valence-electron chi connectivity index (χ4n) is 13.1. The number of benzene rings is 7. The van der Waals surface area contributed by atoms with Gasteiger partial charge < -0.3 is 4.40 Å². The largest absolute Gasteiger partial charge is 0.308 e. The van der Waals surface area contributed by atoms with Gasteiger partial charge in [-0.05, 0) is 103 Å². The van der Waals surface area contributed by atoms with Crippen molar-refractivity contribution in [3.8, 4) is 12.1 Å². The number of aromatic nitrogens is 1. The molecule has 0 fully saturated rings. The van der Waals surface area contributed by atoms with E-state index in [1.54, 1.807) is 0 Å². The van der Waals surface area contributed by atoms with E-state index in [1.807, 2.05) is 11.3 Å². The molecular weight excluding hydrogens is 735 g/mol. The molecule has 7 aromatic carbocycles. The summed E-state index contributed by atoms with van der Waals surface area (Å²) in [5.41, 5.74) is 20.6. The maximum absolute atomic E-state index is 11.2. The van der Waals surface area contributed by atoms with E-state index < -0.39 is 0 Å². The van der Waals surface area contributed by atoms with Crippen molar-refractivity contribution in [1.29, 1.82) is 10.5 Å². The second-order valence-corrected chi connectivity index (χ2v) is 18.6. The van der Waals surface area contributed by atoms with Crippen LogP contribution in [0.4, 0.5) is 0 Å². The lowest BCUT2D eigenvalue weighted by molar-refractivity contribution is 0.658. The smallest absolute Gasteiger partial charge is 0.0995 e. The third-order valence-electron chi connectivity index (χ3n) is 15.0. The monoisotopic (exact) mass is 765 g/mol. The van der Waals surface area contributed by atoms with Crippen molar-refractivity contribution >= 4 is 69.6 Å². The molecule has 0 saturated heterocycles. The number of nitriles is 2. The molecule has 0 N–H and O–H groups in total. The van der Waals surface area contributed by atoms with Gasteiger partial charge in [0, 0.05) is 65.4 Å². The van der Waals surface area contributed by atoms with Crippen molar-refractivity contribution < 1.29 is 0 Å². The van der Waals surface area contributed by atoms with Crippen molar-refractivity contribution in [2.45, 2.75) is 37.0 Å². The zero-order chi connectivity index (χ0) is 38.6. The zero-order valence-corrected chi connectivity index (χ0v) is 32.8. The molecule has 0 amide bonds. The van der Waals surface area contributed by atoms with Gasteiger partial charge in [-0.1, -0.05) is 110 Å². The van der Waals surface area contributed by atoms with Crippen LogP contribution in [0.15, 0.2) is 139 Å². The molecular formula is C55H31N3S. The molecule has 7 aliphatic carbocycles. The molecule has 7 aliphatic rings. The standard InChI is InChI=1S/C55H31N3S/c1-26-18-19-36-37(20-26)48-35-16-7-4-13-32(35)46(36)44-28(25-57)22-41-50(52(44)48)53-54-39(23-38-29-10-8-9-17-42(29)59-55(38)53)49-40(58(41)54)21-27(24-56)43-45-30-11-2-5-14-33(30)47(51(43)49)34-15-6-3-12-31(34)45/h2-17,19-23,26,45-48H,18H2,1H3. The summed E-state index contributed by atoms with van der Waals surface area (Å²) < 4.78 is 5.07. The van der Waals surface area contributed by atoms with Gasteiger partial charge in [0.1, 0.15) is 0 Å². The maximum atomic E-state index is 11.2. The summed E-state index contributed by atoms with van der Waals surface area (Å²) in [6.07, 6.45) is 6.03. The van der Waals surface area contributed by atoms with Crippen LogP contribution in [0.25, 0.3) is 58.3 Å². The lowest BCUT2D eigenvalue weighted by Crippen LogP contribution is -2.31. The Bertz CT molecular complexity index is 3790. The summed E-state index contributed by atoms with van der Waals surface area (Å²) in [6.45, 7) is 2.34. The summed E-state index contributed by atoms with van der Waals surface area (Å²) in [6, 6.07) is 48.2. The van der Waals surface area contributed by atoms with Crippen LogP contribution in [0.3, 0.4) is 0 Å². The molecule has 59 heavy (non-hydrogen) atoms. The average Bonchev–Trinajstić information content (AvgIpc) is 3.94. The Kier molecular flexibility index (Phi) is 5.45. The van der Waals surface area contributed by atoms with Gasteiger partial charge in [-0.15, -0.1) is 11.3 Å². The first kappa shape index (κ1) is 31.1. The first-order valence-corrected chi connectivity index (χ1v) is 21.7. The van der Waals surface area contributed by atoms with Gasteiger partial charge in [0.15, 0.2) is 0 Å². The third kappa shape index (κ3) is 3.40. The molecule has 4 bridgehead atoms. The molecule has 0 radical (unpaired) electrons. The SMILES string of the molecule is CC1C=C2C(=CC1)C1c3ccccc3C2c2c1c(C#N)cc1c2c2c3sc4ccccc4c3cc3c4c5c(c(C#N)cc4n1c32)C1c2ccccc2C5c2ccccc21. The molecule has 0 aliphatic heterocycles. The Morgan fingerprint density at radius 3 is 1.71 bits per heavy atom. The van der Waals surface area contributed by atoms with E-state index in [0.29, 0.717) is 5.92 Å². The maximum Gasteiger partial charge on any atom is 0.0995 e. The number of rotatable bonds is 0. The highest BCUT2D eigenvalue weighted by Crippen LogP contribution is 2.64. The molecule has 0 spiro atoms. The van der Waals surface area contributed by atoms with E-state index in [2.05, 4.69) is 151 Å². The zero-order valence-electron chi connectivity index (χ0n) is 32.0. The number of fused-ring (bicyclic) bond motifs is 10. The number of hydrogen-bond donors (Lipinski definition) is 0. The highest BCUT2D eigenvalue weighted by molar-refractivity contribution is 7.26. The van der Waals surface area contributed by atoms with Crippen LogP contribution in [0.5, 0.6) is 0 Å². The van der Waals surface area contributed by atoms with Gasteiger partial charge in [0.05, 0.1) is 39.8 Å². The van der Waals surface area contributed by atoms with Crippen LogP contribution in [-0.2, 0) is 0 Å². The lowest BCUT2D eigenvalue weighted by Gasteiger charge is -2.46. The molecule has 3 heterocycles. The third-order valence-corrected chi connectivity index (χ3v) is 16.2. The van der Waals surface area contributed by atoms with Crippen LogP contribution >= 0.6 is 11.3 Å². The van der Waals surface area contributed by atoms with E-state index in [4.69, 9.17) is 0 Å². The Balaban J connectivity index is 1.20. The van der Waals surface area contributed by atoms with Gasteiger partial charge in [0.2, 0.25) is 0 Å². The molecule has 3 aromatic heterocycles. The quantitative estimate of drug-likeness (QED) is 0.154. The van der Waals surface area contributed by atoms with Crippen molar-refractivity contribution in [1.82, 2.24) is 4.40 Å². The van der Waals surface area contributed by atoms with E-state index in [-0.39, 0.29) is 23.7 Å². The summed E-state index contributed by atoms with van der Waals surface area (Å²) in [5, 5.41) is 30.0. The second kappa shape index (κ2) is 10.4. The summed E-state index contributed by atoms with van der Waals surface area (Å²) in [7, 11) is 0. The van der Waals surface area contributed by atoms with Crippen molar-refractivity contribution in [2.24, 2.45) is 5.92 Å². The topological polar surface area (TPSA) is 52.0 Å². The fraction of sp³-hybridized carbons (Fsp3) is 0.127. The van der Waals surface area contributed by atoms with Crippen molar-refractivity contribution in [2.75, 3.05) is 0 Å². The van der Waals surface area contributed by atoms with E-state index in [1.165, 1.54) is 108 Å². The molecule has 4 heteroatoms. The van der Waals surface area contributed by atoms with Gasteiger partial charge >= 0.3 is 0 Å². The van der Waals surface area contributed by atoms with Gasteiger partial charge in [-0.3, -0.25) is 0 Å². The van der Waals surface area contributed by atoms with Gasteiger partial charge in [0.25, 0.3) is 0 Å². The van der Waals surface area contributed by atoms with Gasteiger partial charge in [-0.2, -0.15) is 10.5 Å². The Labute approximate surface area is 343 Å². The number of thiophene rings is 1. The Morgan fingerprint density at radius 2 is 1.07 bits per heavy atom. The first-order valence-electron chi connectivity index (χ1n) is 20.8. The molecule has 0 saturated carbocycles. The predicted octanol–water partition coefficient (Wildman–Crippen LogP) is 13.4. The fourth-order valence-corrected chi connectivity index (χ4v) is 14.3. The Morgan fingerprint density at radius 1 is 0.542 bits per heavy atom. The summed E-state index contributed by atoms with van der Waals surface area (Å²) in [5.74, 6) is 0.495. The molecule has 3 atom stereocenters. The van der Waals surface area contributed by atoms with Crippen LogP contribution in [-0.4, -0.2) is 4.40 Å². The van der Waals surface area contributed by atoms with Crippen molar-refractivity contribution in [3.63, 3.8) is 0 Å². The van der Waals surface area contributed by atoms with E-state index >= 15 is 0 Å². The van der Waals surface area contributed by atoms with Crippen LogP contribution in [0.2, 0.25) is 0 Å². The van der Waals surface area contributed by atoms with Crippen LogP contribution in [0, 0.1) is 28.6 Å². The molecule has 10 aromatic rings. The molecule has 3 unspecified atom stereocenters. The molecule has 272 valence electrons. The second-order valence-electron chi connectivity index (χ2n) is 17.6. The minimum Gasteiger partial charge on any atom is -0.308 e. The van der Waals surface area contributed by atoms with E-state index in [0.717, 1.165) is 34.1 Å². The summed E-state index contributed by atoms with van der Waals surface area (Å²) >= 11 is 1.90. The normalized spacial score (nSPS) is 21.6. The van der Waals surface area contributed by atoms with Crippen LogP contribution < -0.4 is 0 Å². The highest BCUT2D eigenvalue weighted by Gasteiger charge is 2.48. The number of allylic oxidation sites excluding steroid dienone is 4. The minimum absolute atomic E-state index is 0.00499. The Hall–Kier alpha value is -6.98. The van der Waals surface area contributed by atoms with Gasteiger partial charge in [-0.25, -0.2) is 0 Å². The van der Waals surface area contributed by atoms with Crippen molar-refractivity contribution in [3.05, 3.63) is 205 Å². The number of hydrogen-bond acceptors (Lipinski definition) is 3. The molecule has 3 nitrogen and oxygen atoms in total. The van der Waals surface area contributed by atoms with E-state index in [9.17, 15) is 10.5 Å². The minimum atomic E-state index is -0.0125. The highest BCUT2D eigenvalue weighted by atomic mass is 32.1. The lowest BCUT2D eigenvalue weighted by atomic mass is 9.56. The summed E-state index contributed by atoms with van der Waals surface area (Å²) in [4.78, 5) is 0. The predicted molar refractivity (Wildman–Crippen MR) is 238 cm³/mol. The average molecular weight is 766 g/mol. The number of nitrogens with zero attached hydrogens (tertiary/aromatic N) is 3. The first-order chi connectivity index (χ1) is 29.1.